The van der Waals surface area contributed by atoms with E-state index in [1.165, 1.54) is 0 Å². The lowest BCUT2D eigenvalue weighted by Crippen LogP contribution is -2.30. The van der Waals surface area contributed by atoms with Crippen molar-refractivity contribution >= 4 is 11.6 Å². The van der Waals surface area contributed by atoms with Gasteiger partial charge in [0.1, 0.15) is 0 Å². The van der Waals surface area contributed by atoms with E-state index in [1.807, 2.05) is 18.2 Å². The number of hydrogen-bond acceptors (Lipinski definition) is 4. The molecule has 21 heavy (non-hydrogen) atoms. The summed E-state index contributed by atoms with van der Waals surface area (Å²) in [7, 11) is 0. The first-order valence-electron chi connectivity index (χ1n) is 7.24. The molecule has 0 aliphatic carbocycles. The van der Waals surface area contributed by atoms with Gasteiger partial charge in [-0.15, -0.1) is 10.2 Å². The third kappa shape index (κ3) is 4.29. The third-order valence-electron chi connectivity index (χ3n) is 3.41. The average molecular weight is 308 g/mol. The van der Waals surface area contributed by atoms with Crippen LogP contribution in [0.2, 0.25) is 5.02 Å². The Hall–Kier alpha value is -1.39. The minimum absolute atomic E-state index is 0.188. The van der Waals surface area contributed by atoms with E-state index in [0.717, 1.165) is 17.1 Å². The van der Waals surface area contributed by atoms with Crippen LogP contribution in [0, 0.1) is 12.8 Å². The van der Waals surface area contributed by atoms with Gasteiger partial charge in [-0.3, -0.25) is 4.90 Å². The molecule has 1 heterocycles. The molecule has 0 amide bonds. The molecule has 0 aliphatic heterocycles. The van der Waals surface area contributed by atoms with Gasteiger partial charge in [0.2, 0.25) is 11.8 Å². The molecule has 1 aromatic heterocycles. The summed E-state index contributed by atoms with van der Waals surface area (Å²) < 4.78 is 5.51. The van der Waals surface area contributed by atoms with Gasteiger partial charge in [0.25, 0.3) is 0 Å². The number of halogens is 1. The maximum Gasteiger partial charge on any atom is 0.230 e. The first-order chi connectivity index (χ1) is 9.97. The molecule has 0 N–H and O–H groups in total. The molecule has 114 valence electrons. The number of hydrogen-bond donors (Lipinski definition) is 0. The number of rotatable bonds is 6. The van der Waals surface area contributed by atoms with E-state index in [-0.39, 0.29) is 6.04 Å². The van der Waals surface area contributed by atoms with Crippen LogP contribution in [-0.4, -0.2) is 21.6 Å². The SMILES string of the molecule is Cc1nnc(CN(CC(C)C)C(C)c2ccccc2Cl)o1. The van der Waals surface area contributed by atoms with Crippen LogP contribution in [0.25, 0.3) is 0 Å². The molecule has 1 unspecified atom stereocenters. The van der Waals surface area contributed by atoms with Crippen LogP contribution < -0.4 is 0 Å². The van der Waals surface area contributed by atoms with Crippen LogP contribution in [-0.2, 0) is 6.54 Å². The van der Waals surface area contributed by atoms with Crippen LogP contribution in [0.15, 0.2) is 28.7 Å². The van der Waals surface area contributed by atoms with Crippen molar-refractivity contribution < 1.29 is 4.42 Å². The Morgan fingerprint density at radius 1 is 1.19 bits per heavy atom. The number of aromatic nitrogens is 2. The summed E-state index contributed by atoms with van der Waals surface area (Å²) in [5.74, 6) is 1.78. The van der Waals surface area contributed by atoms with Crippen LogP contribution in [0.1, 0.15) is 44.2 Å². The molecule has 0 spiro atoms. The Kier molecular flexibility index (Phi) is 5.37. The zero-order valence-electron chi connectivity index (χ0n) is 13.0. The minimum Gasteiger partial charge on any atom is -0.424 e. The first-order valence-corrected chi connectivity index (χ1v) is 7.62. The van der Waals surface area contributed by atoms with Gasteiger partial charge < -0.3 is 4.42 Å². The van der Waals surface area contributed by atoms with Gasteiger partial charge in [-0.2, -0.15) is 0 Å². The van der Waals surface area contributed by atoms with Gasteiger partial charge >= 0.3 is 0 Å². The zero-order chi connectivity index (χ0) is 15.4. The molecule has 1 atom stereocenters. The molecule has 2 rings (SSSR count). The molecule has 1 aromatic carbocycles. The van der Waals surface area contributed by atoms with Crippen molar-refractivity contribution in [3.63, 3.8) is 0 Å². The van der Waals surface area contributed by atoms with Gasteiger partial charge in [-0.25, -0.2) is 0 Å². The first kappa shape index (κ1) is 16.0. The highest BCUT2D eigenvalue weighted by molar-refractivity contribution is 6.31. The van der Waals surface area contributed by atoms with E-state index in [2.05, 4.69) is 41.9 Å². The van der Waals surface area contributed by atoms with Gasteiger partial charge in [-0.05, 0) is 24.5 Å². The molecule has 2 aromatic rings. The highest BCUT2D eigenvalue weighted by atomic mass is 35.5. The van der Waals surface area contributed by atoms with E-state index in [1.54, 1.807) is 6.92 Å². The lowest BCUT2D eigenvalue weighted by atomic mass is 10.1. The fourth-order valence-corrected chi connectivity index (χ4v) is 2.71. The number of aryl methyl sites for hydroxylation is 1. The second-order valence-electron chi connectivity index (χ2n) is 5.74. The lowest BCUT2D eigenvalue weighted by molar-refractivity contribution is 0.161. The van der Waals surface area contributed by atoms with E-state index in [9.17, 15) is 0 Å². The Balaban J connectivity index is 2.20. The van der Waals surface area contributed by atoms with E-state index in [0.29, 0.717) is 24.2 Å². The van der Waals surface area contributed by atoms with Crippen molar-refractivity contribution in [2.24, 2.45) is 5.92 Å². The summed E-state index contributed by atoms with van der Waals surface area (Å²) in [6.45, 7) is 9.93. The second-order valence-corrected chi connectivity index (χ2v) is 6.14. The smallest absolute Gasteiger partial charge is 0.230 e. The molecule has 0 bridgehead atoms. The number of benzene rings is 1. The predicted octanol–water partition coefficient (Wildman–Crippen LogP) is 4.25. The molecular weight excluding hydrogens is 286 g/mol. The lowest BCUT2D eigenvalue weighted by Gasteiger charge is -2.30. The maximum absolute atomic E-state index is 6.33. The summed E-state index contributed by atoms with van der Waals surface area (Å²) in [5, 5.41) is 8.79. The number of nitrogens with zero attached hydrogens (tertiary/aromatic N) is 3. The molecule has 0 saturated heterocycles. The van der Waals surface area contributed by atoms with Gasteiger partial charge in [0, 0.05) is 24.5 Å². The van der Waals surface area contributed by atoms with Crippen molar-refractivity contribution in [1.29, 1.82) is 0 Å². The summed E-state index contributed by atoms with van der Waals surface area (Å²) in [6.07, 6.45) is 0. The molecule has 0 radical (unpaired) electrons. The quantitative estimate of drug-likeness (QED) is 0.800. The van der Waals surface area contributed by atoms with E-state index in [4.69, 9.17) is 16.0 Å². The molecular formula is C16H22ClN3O. The van der Waals surface area contributed by atoms with Gasteiger partial charge in [-0.1, -0.05) is 43.6 Å². The van der Waals surface area contributed by atoms with Crippen LogP contribution >= 0.6 is 11.6 Å². The van der Waals surface area contributed by atoms with Crippen molar-refractivity contribution in [3.8, 4) is 0 Å². The van der Waals surface area contributed by atoms with Crippen molar-refractivity contribution in [2.45, 2.75) is 40.3 Å². The molecule has 0 saturated carbocycles. The van der Waals surface area contributed by atoms with Crippen LogP contribution in [0.5, 0.6) is 0 Å². The van der Waals surface area contributed by atoms with E-state index >= 15 is 0 Å². The molecule has 0 aliphatic rings. The maximum atomic E-state index is 6.33. The topological polar surface area (TPSA) is 42.2 Å². The highest BCUT2D eigenvalue weighted by Crippen LogP contribution is 2.28. The highest BCUT2D eigenvalue weighted by Gasteiger charge is 2.21. The van der Waals surface area contributed by atoms with Crippen molar-refractivity contribution in [1.82, 2.24) is 15.1 Å². The second kappa shape index (κ2) is 7.05. The monoisotopic (exact) mass is 307 g/mol. The van der Waals surface area contributed by atoms with Gasteiger partial charge in [0.05, 0.1) is 6.54 Å². The molecule has 4 nitrogen and oxygen atoms in total. The fraction of sp³-hybridized carbons (Fsp3) is 0.500. The molecule has 5 heteroatoms. The summed E-state index contributed by atoms with van der Waals surface area (Å²) in [5.41, 5.74) is 1.12. The van der Waals surface area contributed by atoms with E-state index < -0.39 is 0 Å². The van der Waals surface area contributed by atoms with Crippen LogP contribution in [0.3, 0.4) is 0 Å². The standard InChI is InChI=1S/C16H22ClN3O/c1-11(2)9-20(10-16-19-18-13(4)21-16)12(3)14-7-5-6-8-15(14)17/h5-8,11-12H,9-10H2,1-4H3. The summed E-state index contributed by atoms with van der Waals surface area (Å²) >= 11 is 6.33. The van der Waals surface area contributed by atoms with Crippen molar-refractivity contribution in [3.05, 3.63) is 46.6 Å². The van der Waals surface area contributed by atoms with Gasteiger partial charge in [0.15, 0.2) is 0 Å². The van der Waals surface area contributed by atoms with Crippen molar-refractivity contribution in [2.75, 3.05) is 6.54 Å². The largest absolute Gasteiger partial charge is 0.424 e. The zero-order valence-corrected chi connectivity index (χ0v) is 13.8. The fourth-order valence-electron chi connectivity index (χ4n) is 2.41. The summed E-state index contributed by atoms with van der Waals surface area (Å²) in [4.78, 5) is 2.32. The normalized spacial score (nSPS) is 13.1. The third-order valence-corrected chi connectivity index (χ3v) is 3.75. The summed E-state index contributed by atoms with van der Waals surface area (Å²) in [6, 6.07) is 8.15. The Morgan fingerprint density at radius 3 is 2.48 bits per heavy atom. The predicted molar refractivity (Wildman–Crippen MR) is 84.2 cm³/mol. The minimum atomic E-state index is 0.188. The Labute approximate surface area is 131 Å². The Bertz CT molecular complexity index is 582. The average Bonchev–Trinajstić information content (AvgIpc) is 2.83. The molecule has 0 fully saturated rings. The Morgan fingerprint density at radius 2 is 1.90 bits per heavy atom. The van der Waals surface area contributed by atoms with Crippen LogP contribution in [0.4, 0.5) is 0 Å².